The molecule has 2 aromatic carbocycles. The molecule has 0 bridgehead atoms. The summed E-state index contributed by atoms with van der Waals surface area (Å²) in [7, 11) is 0. The van der Waals surface area contributed by atoms with Gasteiger partial charge >= 0.3 is 0 Å². The molecule has 1 heterocycles. The van der Waals surface area contributed by atoms with Gasteiger partial charge in [0.25, 0.3) is 0 Å². The molecule has 0 aliphatic heterocycles. The minimum atomic E-state index is 0.266. The number of aromatic hydroxyl groups is 1. The Morgan fingerprint density at radius 3 is 2.22 bits per heavy atom. The fourth-order valence-electron chi connectivity index (χ4n) is 2.37. The second kappa shape index (κ2) is 6.67. The van der Waals surface area contributed by atoms with E-state index in [1.165, 1.54) is 0 Å². The van der Waals surface area contributed by atoms with Crippen molar-refractivity contribution in [2.24, 2.45) is 0 Å². The Morgan fingerprint density at radius 2 is 1.57 bits per heavy atom. The van der Waals surface area contributed by atoms with E-state index in [0.29, 0.717) is 0 Å². The maximum absolute atomic E-state index is 9.38. The molecule has 0 saturated carbocycles. The lowest BCUT2D eigenvalue weighted by atomic mass is 10.0. The molecule has 0 saturated heterocycles. The first-order valence-electron chi connectivity index (χ1n) is 7.32. The van der Waals surface area contributed by atoms with Crippen LogP contribution < -0.4 is 0 Å². The topological polar surface area (TPSA) is 33.1 Å². The van der Waals surface area contributed by atoms with Gasteiger partial charge in [0, 0.05) is 16.3 Å². The van der Waals surface area contributed by atoms with Gasteiger partial charge in [-0.1, -0.05) is 48.0 Å². The first-order chi connectivity index (χ1) is 11.1. The molecule has 0 spiro atoms. The van der Waals surface area contributed by atoms with Crippen LogP contribution in [0.4, 0.5) is 0 Å². The van der Waals surface area contributed by atoms with E-state index in [-0.39, 0.29) is 5.75 Å². The smallest absolute Gasteiger partial charge is 0.115 e. The van der Waals surface area contributed by atoms with Crippen LogP contribution in [0.25, 0.3) is 23.3 Å². The zero-order valence-electron chi connectivity index (χ0n) is 12.7. The number of aryl methyl sites for hydroxylation is 1. The van der Waals surface area contributed by atoms with Crippen LogP contribution in [-0.2, 0) is 0 Å². The molecule has 3 aromatic rings. The third-order valence-electron chi connectivity index (χ3n) is 3.60. The lowest BCUT2D eigenvalue weighted by molar-refractivity contribution is 0.475. The molecule has 23 heavy (non-hydrogen) atoms. The van der Waals surface area contributed by atoms with Crippen molar-refractivity contribution < 1.29 is 5.11 Å². The summed E-state index contributed by atoms with van der Waals surface area (Å²) in [5, 5.41) is 10.1. The van der Waals surface area contributed by atoms with Crippen molar-refractivity contribution in [3.63, 3.8) is 0 Å². The van der Waals surface area contributed by atoms with Crippen LogP contribution in [0.5, 0.6) is 5.75 Å². The van der Waals surface area contributed by atoms with E-state index in [1.807, 2.05) is 61.5 Å². The number of hydrogen-bond donors (Lipinski definition) is 1. The molecule has 1 aromatic heterocycles. The van der Waals surface area contributed by atoms with Gasteiger partial charge in [-0.25, -0.2) is 0 Å². The highest BCUT2D eigenvalue weighted by Crippen LogP contribution is 2.24. The SMILES string of the molecule is Cc1nc(C=Cc2ccc(Cl)cc2)ccc1-c1ccc(O)cc1. The van der Waals surface area contributed by atoms with E-state index in [9.17, 15) is 5.11 Å². The molecule has 0 atom stereocenters. The molecule has 0 radical (unpaired) electrons. The molecule has 0 unspecified atom stereocenters. The van der Waals surface area contributed by atoms with Crippen molar-refractivity contribution in [2.45, 2.75) is 6.92 Å². The van der Waals surface area contributed by atoms with Gasteiger partial charge in [-0.3, -0.25) is 4.98 Å². The lowest BCUT2D eigenvalue weighted by Crippen LogP contribution is -1.90. The molecule has 0 fully saturated rings. The van der Waals surface area contributed by atoms with Crippen LogP contribution in [-0.4, -0.2) is 10.1 Å². The van der Waals surface area contributed by atoms with Crippen LogP contribution in [0.15, 0.2) is 60.7 Å². The number of phenols is 1. The third kappa shape index (κ3) is 3.79. The molecule has 0 amide bonds. The summed E-state index contributed by atoms with van der Waals surface area (Å²) in [6, 6.07) is 18.9. The fraction of sp³-hybridized carbons (Fsp3) is 0.0500. The third-order valence-corrected chi connectivity index (χ3v) is 3.85. The van der Waals surface area contributed by atoms with Gasteiger partial charge in [0.1, 0.15) is 5.75 Å². The Morgan fingerprint density at radius 1 is 0.870 bits per heavy atom. The molecule has 1 N–H and O–H groups in total. The van der Waals surface area contributed by atoms with Gasteiger partial charge in [-0.15, -0.1) is 0 Å². The van der Waals surface area contributed by atoms with Crippen molar-refractivity contribution in [1.82, 2.24) is 4.98 Å². The Hall–Kier alpha value is -2.58. The highest BCUT2D eigenvalue weighted by Gasteiger charge is 2.03. The van der Waals surface area contributed by atoms with Crippen molar-refractivity contribution >= 4 is 23.8 Å². The number of phenolic OH excluding ortho intramolecular Hbond substituents is 1. The summed E-state index contributed by atoms with van der Waals surface area (Å²) in [6.07, 6.45) is 4.00. The maximum atomic E-state index is 9.38. The summed E-state index contributed by atoms with van der Waals surface area (Å²) in [4.78, 5) is 4.63. The zero-order valence-corrected chi connectivity index (χ0v) is 13.5. The van der Waals surface area contributed by atoms with Gasteiger partial charge in [-0.05, 0) is 54.5 Å². The highest BCUT2D eigenvalue weighted by molar-refractivity contribution is 6.30. The summed E-state index contributed by atoms with van der Waals surface area (Å²) < 4.78 is 0. The van der Waals surface area contributed by atoms with Gasteiger partial charge in [0.05, 0.1) is 5.69 Å². The van der Waals surface area contributed by atoms with Gasteiger partial charge in [0.15, 0.2) is 0 Å². The van der Waals surface area contributed by atoms with Crippen molar-refractivity contribution in [3.8, 4) is 16.9 Å². The Kier molecular flexibility index (Phi) is 4.45. The van der Waals surface area contributed by atoms with Gasteiger partial charge < -0.3 is 5.11 Å². The van der Waals surface area contributed by atoms with Crippen LogP contribution in [0, 0.1) is 6.92 Å². The Labute approximate surface area is 140 Å². The fourth-order valence-corrected chi connectivity index (χ4v) is 2.50. The molecule has 2 nitrogen and oxygen atoms in total. The molecule has 0 aliphatic carbocycles. The standard InChI is InChI=1S/C20H16ClNO/c1-14-20(16-5-11-19(23)12-6-16)13-10-18(22-14)9-4-15-2-7-17(21)8-3-15/h2-13,23H,1H3. The van der Waals surface area contributed by atoms with Crippen LogP contribution in [0.2, 0.25) is 5.02 Å². The average molecular weight is 322 g/mol. The number of rotatable bonds is 3. The normalized spacial score (nSPS) is 11.0. The number of halogens is 1. The van der Waals surface area contributed by atoms with E-state index in [0.717, 1.165) is 33.1 Å². The lowest BCUT2D eigenvalue weighted by Gasteiger charge is -2.06. The molecule has 0 aliphatic rings. The monoisotopic (exact) mass is 321 g/mol. The number of hydrogen-bond acceptors (Lipinski definition) is 2. The van der Waals surface area contributed by atoms with E-state index in [4.69, 9.17) is 11.6 Å². The van der Waals surface area contributed by atoms with E-state index in [1.54, 1.807) is 12.1 Å². The minimum absolute atomic E-state index is 0.266. The van der Waals surface area contributed by atoms with Gasteiger partial charge in [-0.2, -0.15) is 0 Å². The molecule has 3 rings (SSSR count). The van der Waals surface area contributed by atoms with Crippen molar-refractivity contribution in [1.29, 1.82) is 0 Å². The van der Waals surface area contributed by atoms with E-state index < -0.39 is 0 Å². The molecule has 3 heteroatoms. The molecule has 114 valence electrons. The van der Waals surface area contributed by atoms with Gasteiger partial charge in [0.2, 0.25) is 0 Å². The number of benzene rings is 2. The summed E-state index contributed by atoms with van der Waals surface area (Å²) in [5.41, 5.74) is 5.04. The number of pyridine rings is 1. The van der Waals surface area contributed by atoms with Crippen molar-refractivity contribution in [3.05, 3.63) is 82.6 Å². The predicted molar refractivity (Wildman–Crippen MR) is 96.5 cm³/mol. The van der Waals surface area contributed by atoms with E-state index >= 15 is 0 Å². The van der Waals surface area contributed by atoms with Crippen LogP contribution >= 0.6 is 11.6 Å². The van der Waals surface area contributed by atoms with E-state index in [2.05, 4.69) is 11.1 Å². The predicted octanol–water partition coefficient (Wildman–Crippen LogP) is 5.59. The Balaban J connectivity index is 1.84. The second-order valence-electron chi connectivity index (χ2n) is 5.30. The van der Waals surface area contributed by atoms with Crippen LogP contribution in [0.3, 0.4) is 0 Å². The second-order valence-corrected chi connectivity index (χ2v) is 5.74. The summed E-state index contributed by atoms with van der Waals surface area (Å²) in [6.45, 7) is 1.99. The number of nitrogens with zero attached hydrogens (tertiary/aromatic N) is 1. The zero-order chi connectivity index (χ0) is 16.2. The highest BCUT2D eigenvalue weighted by atomic mass is 35.5. The maximum Gasteiger partial charge on any atom is 0.115 e. The molecular weight excluding hydrogens is 306 g/mol. The molecular formula is C20H16ClNO. The first-order valence-corrected chi connectivity index (χ1v) is 7.70. The quantitative estimate of drug-likeness (QED) is 0.682. The average Bonchev–Trinajstić information content (AvgIpc) is 2.55. The first kappa shape index (κ1) is 15.3. The number of aromatic nitrogens is 1. The van der Waals surface area contributed by atoms with Crippen molar-refractivity contribution in [2.75, 3.05) is 0 Å². The summed E-state index contributed by atoms with van der Waals surface area (Å²) in [5.74, 6) is 0.266. The Bertz CT molecular complexity index is 837. The minimum Gasteiger partial charge on any atom is -0.508 e. The summed E-state index contributed by atoms with van der Waals surface area (Å²) >= 11 is 5.88. The van der Waals surface area contributed by atoms with Crippen LogP contribution in [0.1, 0.15) is 17.0 Å². The largest absolute Gasteiger partial charge is 0.508 e.